The Balaban J connectivity index is 1.58. The van der Waals surface area contributed by atoms with E-state index in [9.17, 15) is 23.2 Å². The molecule has 2 N–H and O–H groups in total. The molecule has 4 heterocycles. The highest BCUT2D eigenvalue weighted by atomic mass is 19.3. The normalized spacial score (nSPS) is 24.7. The predicted molar refractivity (Wildman–Crippen MR) is 109 cm³/mol. The molecular weight excluding hydrogens is 424 g/mol. The Bertz CT molecular complexity index is 1090. The molecule has 4 aliphatic rings. The first-order valence-electron chi connectivity index (χ1n) is 10.7. The number of alkyl halides is 2. The molecule has 6 rings (SSSR count). The molecular formula is C21H23F2N5O4. The smallest absolute Gasteiger partial charge is 0.371 e. The summed E-state index contributed by atoms with van der Waals surface area (Å²) in [7, 11) is 0. The van der Waals surface area contributed by atoms with Crippen LogP contribution in [-0.2, 0) is 9.53 Å². The predicted octanol–water partition coefficient (Wildman–Crippen LogP) is 2.50. The molecule has 9 nitrogen and oxygen atoms in total. The lowest BCUT2D eigenvalue weighted by Crippen LogP contribution is -2.59. The quantitative estimate of drug-likeness (QED) is 0.557. The van der Waals surface area contributed by atoms with E-state index in [2.05, 4.69) is 14.7 Å². The van der Waals surface area contributed by atoms with E-state index in [4.69, 9.17) is 5.73 Å². The number of piperidine rings is 3. The van der Waals surface area contributed by atoms with E-state index in [0.29, 0.717) is 16.3 Å². The van der Waals surface area contributed by atoms with E-state index in [1.807, 2.05) is 0 Å². The molecule has 1 aromatic heterocycles. The highest BCUT2D eigenvalue weighted by molar-refractivity contribution is 6.06. The molecule has 170 valence electrons. The number of hydrogen-bond donors (Lipinski definition) is 1. The van der Waals surface area contributed by atoms with Gasteiger partial charge in [-0.3, -0.25) is 4.79 Å². The van der Waals surface area contributed by atoms with Crippen molar-refractivity contribution >= 4 is 34.6 Å². The molecule has 1 atom stereocenters. The lowest BCUT2D eigenvalue weighted by molar-refractivity contribution is -0.121. The third kappa shape index (κ3) is 3.60. The van der Waals surface area contributed by atoms with Gasteiger partial charge in [0.1, 0.15) is 0 Å². The van der Waals surface area contributed by atoms with E-state index >= 15 is 0 Å². The number of rotatable bonds is 5. The molecule has 4 fully saturated rings. The Kier molecular flexibility index (Phi) is 5.07. The molecule has 1 saturated carbocycles. The fourth-order valence-electron chi connectivity index (χ4n) is 4.95. The first-order valence-corrected chi connectivity index (χ1v) is 10.7. The molecule has 2 bridgehead atoms. The average Bonchev–Trinajstić information content (AvgIpc) is 3.54. The van der Waals surface area contributed by atoms with Crippen LogP contribution in [0.25, 0.3) is 10.9 Å². The summed E-state index contributed by atoms with van der Waals surface area (Å²) < 4.78 is 32.2. The Hall–Kier alpha value is -3.08. The molecule has 0 radical (unpaired) electrons. The molecule has 32 heavy (non-hydrogen) atoms. The maximum absolute atomic E-state index is 13.7. The van der Waals surface area contributed by atoms with Gasteiger partial charge >= 0.3 is 18.6 Å². The summed E-state index contributed by atoms with van der Waals surface area (Å²) in [4.78, 5) is 40.5. The van der Waals surface area contributed by atoms with E-state index in [0.717, 1.165) is 45.3 Å². The minimum Gasteiger partial charge on any atom is -0.371 e. The number of nitrogens with two attached hydrogens (primary N) is 1. The summed E-state index contributed by atoms with van der Waals surface area (Å²) in [5.74, 6) is -0.876. The van der Waals surface area contributed by atoms with Gasteiger partial charge in [0.2, 0.25) is 5.91 Å². The zero-order valence-electron chi connectivity index (χ0n) is 17.2. The minimum absolute atomic E-state index is 0.0135. The number of halogens is 2. The fraction of sp³-hybridized carbons (Fsp3) is 0.524. The van der Waals surface area contributed by atoms with Crippen molar-refractivity contribution in [1.82, 2.24) is 14.7 Å². The number of primary amides is 1. The second-order valence-electron chi connectivity index (χ2n) is 8.67. The number of carbonyl (C=O) groups is 3. The van der Waals surface area contributed by atoms with E-state index in [1.165, 1.54) is 12.1 Å². The number of esters is 1. The van der Waals surface area contributed by atoms with Crippen LogP contribution in [0.3, 0.4) is 0 Å². The van der Waals surface area contributed by atoms with Crippen molar-refractivity contribution in [2.75, 3.05) is 24.5 Å². The van der Waals surface area contributed by atoms with Crippen molar-refractivity contribution in [3.8, 4) is 0 Å². The Morgan fingerprint density at radius 3 is 2.44 bits per heavy atom. The van der Waals surface area contributed by atoms with Crippen LogP contribution >= 0.6 is 0 Å². The summed E-state index contributed by atoms with van der Waals surface area (Å²) in [6.45, 7) is -0.261. The largest absolute Gasteiger partial charge is 0.412 e. The van der Waals surface area contributed by atoms with E-state index in [-0.39, 0.29) is 28.8 Å². The highest BCUT2D eigenvalue weighted by Crippen LogP contribution is 2.40. The molecule has 1 aliphatic carbocycles. The third-order valence-electron chi connectivity index (χ3n) is 6.66. The van der Waals surface area contributed by atoms with Gasteiger partial charge in [-0.05, 0) is 62.9 Å². The highest BCUT2D eigenvalue weighted by Gasteiger charge is 2.44. The number of carbonyl (C=O) groups excluding carboxylic acids is 3. The lowest BCUT2D eigenvalue weighted by atomic mass is 9.82. The first-order chi connectivity index (χ1) is 15.3. The molecule has 3 aliphatic heterocycles. The van der Waals surface area contributed by atoms with Crippen LogP contribution in [-0.4, -0.2) is 58.3 Å². The van der Waals surface area contributed by atoms with Gasteiger partial charge in [-0.15, -0.1) is 0 Å². The molecule has 0 unspecified atom stereocenters. The topological polar surface area (TPSA) is 111 Å². The number of amides is 2. The van der Waals surface area contributed by atoms with Gasteiger partial charge in [0.25, 0.3) is 0 Å². The van der Waals surface area contributed by atoms with Gasteiger partial charge in [0, 0.05) is 23.5 Å². The number of hydrogen-bond acceptors (Lipinski definition) is 6. The van der Waals surface area contributed by atoms with E-state index in [1.54, 1.807) is 11.0 Å². The van der Waals surface area contributed by atoms with Crippen LogP contribution in [0.5, 0.6) is 0 Å². The minimum atomic E-state index is -3.03. The summed E-state index contributed by atoms with van der Waals surface area (Å²) in [5, 5.41) is 3.75. The number of nitrogens with zero attached hydrogens (tertiary/aromatic N) is 4. The van der Waals surface area contributed by atoms with Crippen molar-refractivity contribution in [1.29, 1.82) is 0 Å². The zero-order valence-corrected chi connectivity index (χ0v) is 17.2. The summed E-state index contributed by atoms with van der Waals surface area (Å²) in [6.07, 6.45) is 2.31. The monoisotopic (exact) mass is 447 g/mol. The Labute approximate surface area is 182 Å². The van der Waals surface area contributed by atoms with Crippen molar-refractivity contribution in [2.45, 2.75) is 38.3 Å². The zero-order chi connectivity index (χ0) is 22.6. The van der Waals surface area contributed by atoms with Gasteiger partial charge < -0.3 is 20.3 Å². The molecule has 0 spiro atoms. The molecule has 2 aromatic rings. The fourth-order valence-corrected chi connectivity index (χ4v) is 4.95. The molecule has 3 saturated heterocycles. The summed E-state index contributed by atoms with van der Waals surface area (Å²) in [5.41, 5.74) is 4.92. The molecule has 1 aromatic carbocycles. The maximum atomic E-state index is 13.7. The van der Waals surface area contributed by atoms with Crippen LogP contribution in [0.2, 0.25) is 0 Å². The number of anilines is 1. The lowest BCUT2D eigenvalue weighted by Gasteiger charge is -2.49. The van der Waals surface area contributed by atoms with Crippen molar-refractivity contribution in [3.63, 3.8) is 0 Å². The number of benzene rings is 1. The maximum Gasteiger partial charge on any atom is 0.412 e. The molecule has 2 amide bonds. The third-order valence-corrected chi connectivity index (χ3v) is 6.66. The van der Waals surface area contributed by atoms with Crippen molar-refractivity contribution < 1.29 is 27.9 Å². The SMILES string of the molecule is NC(=O)OC(=O)c1nn(C(F)F)c2cc(N(C(=O)C3CC3)[C@@H]3CN4CCC3CC4)ccc12. The van der Waals surface area contributed by atoms with E-state index < -0.39 is 24.3 Å². The van der Waals surface area contributed by atoms with Crippen LogP contribution in [0.1, 0.15) is 42.7 Å². The second-order valence-corrected chi connectivity index (χ2v) is 8.67. The van der Waals surface area contributed by atoms with Crippen LogP contribution in [0.15, 0.2) is 18.2 Å². The van der Waals surface area contributed by atoms with Crippen molar-refractivity contribution in [3.05, 3.63) is 23.9 Å². The van der Waals surface area contributed by atoms with Gasteiger partial charge in [0.05, 0.1) is 11.6 Å². The Morgan fingerprint density at radius 1 is 1.16 bits per heavy atom. The van der Waals surface area contributed by atoms with Crippen LogP contribution in [0.4, 0.5) is 19.3 Å². The summed E-state index contributed by atoms with van der Waals surface area (Å²) >= 11 is 0. The van der Waals surface area contributed by atoms with Gasteiger partial charge in [-0.2, -0.15) is 13.9 Å². The number of fused-ring (bicyclic) bond motifs is 4. The standard InChI is InChI=1S/C21H23F2N5O4/c22-20(23)28-15-9-13(3-4-14(15)17(25-28)19(30)32-21(24)31)27(18(29)12-1-2-12)16-10-26-7-5-11(16)6-8-26/h3-4,9,11-12,16,20H,1-2,5-8,10H2,(H2,24,31)/t16-/m1/s1. The van der Waals surface area contributed by atoms with Gasteiger partial charge in [-0.1, -0.05) is 0 Å². The second kappa shape index (κ2) is 7.80. The van der Waals surface area contributed by atoms with Crippen LogP contribution < -0.4 is 10.6 Å². The Morgan fingerprint density at radius 2 is 1.88 bits per heavy atom. The number of aromatic nitrogens is 2. The average molecular weight is 447 g/mol. The summed E-state index contributed by atoms with van der Waals surface area (Å²) in [6, 6.07) is 4.54. The number of ether oxygens (including phenoxy) is 1. The van der Waals surface area contributed by atoms with Crippen LogP contribution in [0, 0.1) is 11.8 Å². The van der Waals surface area contributed by atoms with Gasteiger partial charge in [-0.25, -0.2) is 14.3 Å². The van der Waals surface area contributed by atoms with Crippen molar-refractivity contribution in [2.24, 2.45) is 17.6 Å². The molecule has 11 heteroatoms. The van der Waals surface area contributed by atoms with Gasteiger partial charge in [0.15, 0.2) is 5.69 Å². The first kappa shape index (κ1) is 20.8.